The molecule has 0 bridgehead atoms. The number of hydrogen-bond donors (Lipinski definition) is 0. The second kappa shape index (κ2) is 33.5. The maximum atomic E-state index is 5.89. The number of aromatic nitrogens is 4. The molecule has 49 heavy (non-hydrogen) atoms. The molecular formula is C43H82N4O2+2. The van der Waals surface area contributed by atoms with Crippen molar-refractivity contribution in [1.82, 2.24) is 9.13 Å². The van der Waals surface area contributed by atoms with E-state index in [1.165, 1.54) is 180 Å². The maximum Gasteiger partial charge on any atom is 0.245 e. The normalized spacial score (nSPS) is 11.6. The zero-order valence-corrected chi connectivity index (χ0v) is 32.8. The molecule has 0 saturated heterocycles. The molecule has 0 radical (unpaired) electrons. The molecule has 2 aromatic rings. The molecule has 284 valence electrons. The third-order valence-corrected chi connectivity index (χ3v) is 10.1. The first-order valence-electron chi connectivity index (χ1n) is 21.6. The minimum Gasteiger partial charge on any atom is -0.342 e. The quantitative estimate of drug-likeness (QED) is 0.0521. The second-order valence-corrected chi connectivity index (χ2v) is 15.0. The van der Waals surface area contributed by atoms with Gasteiger partial charge in [-0.2, -0.15) is 0 Å². The van der Waals surface area contributed by atoms with Gasteiger partial charge in [-0.1, -0.05) is 168 Å². The lowest BCUT2D eigenvalue weighted by Crippen LogP contribution is -2.33. The van der Waals surface area contributed by atoms with E-state index in [0.717, 1.165) is 32.7 Å². The zero-order valence-electron chi connectivity index (χ0n) is 32.8. The number of hydrogen-bond acceptors (Lipinski definition) is 2. The Hall–Kier alpha value is -1.66. The van der Waals surface area contributed by atoms with Gasteiger partial charge in [-0.25, -0.2) is 18.3 Å². The molecule has 0 fully saturated rings. The predicted octanol–water partition coefficient (Wildman–Crippen LogP) is 11.9. The van der Waals surface area contributed by atoms with Crippen LogP contribution in [0.4, 0.5) is 0 Å². The molecule has 0 unspecified atom stereocenters. The van der Waals surface area contributed by atoms with E-state index in [2.05, 4.69) is 69.6 Å². The van der Waals surface area contributed by atoms with E-state index >= 15 is 0 Å². The highest BCUT2D eigenvalue weighted by Gasteiger charge is 2.06. The highest BCUT2D eigenvalue weighted by molar-refractivity contribution is 4.67. The zero-order chi connectivity index (χ0) is 34.7. The summed E-state index contributed by atoms with van der Waals surface area (Å²) in [6.45, 7) is 9.49. The van der Waals surface area contributed by atoms with Crippen molar-refractivity contribution in [2.75, 3.05) is 13.2 Å². The lowest BCUT2D eigenvalue weighted by molar-refractivity contribution is -0.733. The highest BCUT2D eigenvalue weighted by Crippen LogP contribution is 2.14. The third-order valence-electron chi connectivity index (χ3n) is 10.1. The Morgan fingerprint density at radius 1 is 0.367 bits per heavy atom. The first-order chi connectivity index (χ1) is 24.3. The van der Waals surface area contributed by atoms with E-state index < -0.39 is 0 Å². The van der Waals surface area contributed by atoms with Crippen molar-refractivity contribution in [3.63, 3.8) is 0 Å². The van der Waals surface area contributed by atoms with Crippen molar-refractivity contribution in [1.29, 1.82) is 0 Å². The third kappa shape index (κ3) is 26.8. The van der Waals surface area contributed by atoms with Gasteiger partial charge in [-0.15, -0.1) is 0 Å². The van der Waals surface area contributed by atoms with Crippen LogP contribution in [0.2, 0.25) is 0 Å². The largest absolute Gasteiger partial charge is 0.342 e. The molecule has 0 N–H and O–H groups in total. The fourth-order valence-electron chi connectivity index (χ4n) is 6.88. The van der Waals surface area contributed by atoms with E-state index in [1.54, 1.807) is 0 Å². The monoisotopic (exact) mass is 687 g/mol. The summed E-state index contributed by atoms with van der Waals surface area (Å²) in [6.07, 6.45) is 53.3. The van der Waals surface area contributed by atoms with Crippen LogP contribution in [0.5, 0.6) is 0 Å². The van der Waals surface area contributed by atoms with Gasteiger partial charge in [-0.05, 0) is 32.1 Å². The van der Waals surface area contributed by atoms with Crippen LogP contribution >= 0.6 is 0 Å². The molecule has 6 nitrogen and oxygen atoms in total. The summed E-state index contributed by atoms with van der Waals surface area (Å²) in [7, 11) is 0. The van der Waals surface area contributed by atoms with Crippen LogP contribution in [0.25, 0.3) is 0 Å². The van der Waals surface area contributed by atoms with Gasteiger partial charge in [0.15, 0.2) is 13.5 Å². The summed E-state index contributed by atoms with van der Waals surface area (Å²) >= 11 is 0. The molecular weight excluding hydrogens is 604 g/mol. The van der Waals surface area contributed by atoms with E-state index in [4.69, 9.17) is 9.47 Å². The van der Waals surface area contributed by atoms with Gasteiger partial charge in [-0.3, -0.25) is 0 Å². The molecule has 2 aromatic heterocycles. The molecule has 2 heterocycles. The maximum absolute atomic E-state index is 5.89. The van der Waals surface area contributed by atoms with Gasteiger partial charge in [0.05, 0.1) is 26.3 Å². The molecule has 0 aliphatic rings. The highest BCUT2D eigenvalue weighted by atomic mass is 16.5. The molecule has 6 heteroatoms. The van der Waals surface area contributed by atoms with Gasteiger partial charge in [0.2, 0.25) is 12.7 Å². The lowest BCUT2D eigenvalue weighted by Gasteiger charge is -2.03. The van der Waals surface area contributed by atoms with Gasteiger partial charge in [0, 0.05) is 0 Å². The van der Waals surface area contributed by atoms with Gasteiger partial charge in [0.25, 0.3) is 0 Å². The number of rotatable bonds is 38. The Bertz CT molecular complexity index is 868. The Morgan fingerprint density at radius 3 is 0.959 bits per heavy atom. The number of nitrogens with zero attached hydrogens (tertiary/aromatic N) is 4. The van der Waals surface area contributed by atoms with E-state index in [-0.39, 0.29) is 0 Å². The van der Waals surface area contributed by atoms with Crippen molar-refractivity contribution in [2.45, 2.75) is 227 Å². The standard InChI is InChI=1S/C43H82N4O2/c1-3-5-7-9-11-13-15-17-19-21-23-25-27-29-32-44-34-36-46(40-44)42-48-38-31-39-49-43-47-37-35-45(41-47)33-30-28-26-24-22-20-18-16-14-12-10-8-6-4-2/h34-37,40-41H,3-33,38-39,42-43H2,1-2H3/q+2. The minimum atomic E-state index is 0.614. The Morgan fingerprint density at radius 2 is 0.653 bits per heavy atom. The Balaban J connectivity index is 1.32. The number of ether oxygens (including phenoxy) is 2. The van der Waals surface area contributed by atoms with E-state index in [0.29, 0.717) is 13.5 Å². The molecule has 0 aromatic carbocycles. The average Bonchev–Trinajstić information content (AvgIpc) is 3.77. The number of unbranched alkanes of at least 4 members (excludes halogenated alkanes) is 26. The first kappa shape index (κ1) is 43.5. The van der Waals surface area contributed by atoms with Crippen LogP contribution in [0.15, 0.2) is 37.4 Å². The molecule has 0 aliphatic heterocycles. The predicted molar refractivity (Wildman–Crippen MR) is 206 cm³/mol. The second-order valence-electron chi connectivity index (χ2n) is 15.0. The van der Waals surface area contributed by atoms with Gasteiger partial charge >= 0.3 is 0 Å². The molecule has 0 saturated carbocycles. The summed E-state index contributed by atoms with van der Waals surface area (Å²) < 4.78 is 20.7. The lowest BCUT2D eigenvalue weighted by atomic mass is 10.0. The molecule has 0 amide bonds. The van der Waals surface area contributed by atoms with Crippen molar-refractivity contribution in [3.8, 4) is 0 Å². The summed E-state index contributed by atoms with van der Waals surface area (Å²) in [5, 5.41) is 0. The molecule has 0 spiro atoms. The number of imidazole rings is 2. The van der Waals surface area contributed by atoms with Crippen LogP contribution < -0.4 is 9.13 Å². The Labute approximate surface area is 304 Å². The first-order valence-corrected chi connectivity index (χ1v) is 21.6. The van der Waals surface area contributed by atoms with Crippen LogP contribution in [-0.2, 0) is 36.0 Å². The summed E-state index contributed by atoms with van der Waals surface area (Å²) in [5.41, 5.74) is 0. The van der Waals surface area contributed by atoms with Crippen LogP contribution in [0.1, 0.15) is 200 Å². The SMILES string of the molecule is CCCCCCCCCCCCCCCCn1cc[n+](COCCCOC[n+]2ccn(CCCCCCCCCCCCCCCC)c2)c1. The van der Waals surface area contributed by atoms with Gasteiger partial charge in [0.1, 0.15) is 24.8 Å². The smallest absolute Gasteiger partial charge is 0.245 e. The topological polar surface area (TPSA) is 36.1 Å². The molecule has 0 aliphatic carbocycles. The average molecular weight is 687 g/mol. The minimum absolute atomic E-state index is 0.614. The fraction of sp³-hybridized carbons (Fsp3) is 0.860. The fourth-order valence-corrected chi connectivity index (χ4v) is 6.88. The van der Waals surface area contributed by atoms with E-state index in [9.17, 15) is 0 Å². The summed E-state index contributed by atoms with van der Waals surface area (Å²) in [6, 6.07) is 0. The van der Waals surface area contributed by atoms with Crippen molar-refractivity contribution >= 4 is 0 Å². The van der Waals surface area contributed by atoms with Crippen LogP contribution in [0.3, 0.4) is 0 Å². The van der Waals surface area contributed by atoms with Crippen molar-refractivity contribution < 1.29 is 18.6 Å². The van der Waals surface area contributed by atoms with E-state index in [1.807, 2.05) is 0 Å². The molecule has 2 rings (SSSR count). The summed E-state index contributed by atoms with van der Waals surface area (Å²) in [4.78, 5) is 0. The van der Waals surface area contributed by atoms with Gasteiger partial charge < -0.3 is 9.47 Å². The molecule has 0 atom stereocenters. The summed E-state index contributed by atoms with van der Waals surface area (Å²) in [5.74, 6) is 0. The number of aryl methyl sites for hydroxylation is 2. The van der Waals surface area contributed by atoms with Crippen LogP contribution in [-0.4, -0.2) is 22.3 Å². The van der Waals surface area contributed by atoms with Crippen LogP contribution in [0, 0.1) is 0 Å². The van der Waals surface area contributed by atoms with Crippen molar-refractivity contribution in [2.24, 2.45) is 0 Å². The van der Waals surface area contributed by atoms with Crippen molar-refractivity contribution in [3.05, 3.63) is 37.4 Å². The Kier molecular flexibility index (Phi) is 29.7.